The molecule has 2 aromatic rings. The average molecular weight is 319 g/mol. The van der Waals surface area contributed by atoms with Crippen LogP contribution in [0.2, 0.25) is 0 Å². The normalized spacial score (nSPS) is 10.3. The Kier molecular flexibility index (Phi) is 3.95. The number of aromatic hydroxyl groups is 2. The SMILES string of the molecule is CC(=O)c1c(O)c(C(=O)Nc2cc(N)cc(N)c2)c(O)oc1=O. The van der Waals surface area contributed by atoms with Gasteiger partial charge in [0, 0.05) is 17.1 Å². The molecule has 0 unspecified atom stereocenters. The van der Waals surface area contributed by atoms with Crippen LogP contribution in [0, 0.1) is 0 Å². The van der Waals surface area contributed by atoms with E-state index in [2.05, 4.69) is 9.73 Å². The smallest absolute Gasteiger partial charge is 0.353 e. The summed E-state index contributed by atoms with van der Waals surface area (Å²) in [6.45, 7) is 1.00. The first kappa shape index (κ1) is 15.9. The molecule has 7 N–H and O–H groups in total. The number of anilines is 3. The summed E-state index contributed by atoms with van der Waals surface area (Å²) in [6.07, 6.45) is 0. The van der Waals surface area contributed by atoms with Gasteiger partial charge >= 0.3 is 11.6 Å². The molecular weight excluding hydrogens is 306 g/mol. The molecule has 23 heavy (non-hydrogen) atoms. The summed E-state index contributed by atoms with van der Waals surface area (Å²) in [5, 5.41) is 21.8. The van der Waals surface area contributed by atoms with Crippen LogP contribution in [0.25, 0.3) is 0 Å². The molecule has 120 valence electrons. The fourth-order valence-electron chi connectivity index (χ4n) is 1.97. The van der Waals surface area contributed by atoms with Gasteiger partial charge in [0.15, 0.2) is 17.1 Å². The predicted octanol–water partition coefficient (Wildman–Crippen LogP) is 0.670. The number of amides is 1. The molecule has 9 heteroatoms. The summed E-state index contributed by atoms with van der Waals surface area (Å²) in [4.78, 5) is 35.0. The van der Waals surface area contributed by atoms with Crippen molar-refractivity contribution in [3.8, 4) is 11.7 Å². The van der Waals surface area contributed by atoms with Crippen LogP contribution < -0.4 is 22.4 Å². The Labute approximate surface area is 129 Å². The van der Waals surface area contributed by atoms with E-state index in [1.165, 1.54) is 18.2 Å². The van der Waals surface area contributed by atoms with Crippen LogP contribution in [0.4, 0.5) is 17.1 Å². The van der Waals surface area contributed by atoms with Crippen molar-refractivity contribution in [1.82, 2.24) is 0 Å². The van der Waals surface area contributed by atoms with E-state index in [0.29, 0.717) is 0 Å². The van der Waals surface area contributed by atoms with Gasteiger partial charge in [0.2, 0.25) is 0 Å². The minimum Gasteiger partial charge on any atom is -0.506 e. The number of hydrogen-bond donors (Lipinski definition) is 5. The van der Waals surface area contributed by atoms with Gasteiger partial charge in [-0.1, -0.05) is 0 Å². The molecule has 0 fully saturated rings. The van der Waals surface area contributed by atoms with Crippen LogP contribution in [-0.2, 0) is 0 Å². The number of nitrogen functional groups attached to an aromatic ring is 2. The van der Waals surface area contributed by atoms with Crippen molar-refractivity contribution in [2.75, 3.05) is 16.8 Å². The molecule has 9 nitrogen and oxygen atoms in total. The summed E-state index contributed by atoms with van der Waals surface area (Å²) < 4.78 is 4.40. The van der Waals surface area contributed by atoms with E-state index in [1.807, 2.05) is 0 Å². The standard InChI is InChI=1S/C14H13N3O6/c1-5(18)9-11(19)10(14(22)23-13(9)21)12(20)17-8-3-6(15)2-7(16)4-8/h2-4,19,22H,15-16H2,1H3,(H,17,20). The lowest BCUT2D eigenvalue weighted by Crippen LogP contribution is -2.18. The van der Waals surface area contributed by atoms with E-state index in [-0.39, 0.29) is 17.1 Å². The third-order valence-corrected chi connectivity index (χ3v) is 2.90. The molecule has 1 aromatic heterocycles. The number of rotatable bonds is 3. The first-order chi connectivity index (χ1) is 10.7. The van der Waals surface area contributed by atoms with E-state index in [0.717, 1.165) is 6.92 Å². The molecule has 1 aromatic carbocycles. The summed E-state index contributed by atoms with van der Waals surface area (Å²) in [5.41, 5.74) is 9.16. The Bertz CT molecular complexity index is 851. The first-order valence-corrected chi connectivity index (χ1v) is 6.28. The highest BCUT2D eigenvalue weighted by molar-refractivity contribution is 6.10. The molecule has 0 bridgehead atoms. The minimum absolute atomic E-state index is 0.182. The molecule has 2 rings (SSSR count). The van der Waals surface area contributed by atoms with Gasteiger partial charge in [0.25, 0.3) is 5.91 Å². The van der Waals surface area contributed by atoms with E-state index < -0.39 is 40.1 Å². The number of Topliss-reactive ketones (excluding diaryl/α,β-unsaturated/α-hetero) is 1. The van der Waals surface area contributed by atoms with Gasteiger partial charge in [0.1, 0.15) is 5.56 Å². The van der Waals surface area contributed by atoms with Crippen molar-refractivity contribution in [1.29, 1.82) is 0 Å². The zero-order valence-corrected chi connectivity index (χ0v) is 11.9. The van der Waals surface area contributed by atoms with Crippen LogP contribution in [-0.4, -0.2) is 21.9 Å². The Morgan fingerprint density at radius 2 is 1.65 bits per heavy atom. The van der Waals surface area contributed by atoms with Gasteiger partial charge in [-0.05, 0) is 25.1 Å². The topological polar surface area (TPSA) is 169 Å². The average Bonchev–Trinajstić information content (AvgIpc) is 2.35. The number of benzene rings is 1. The second-order valence-corrected chi connectivity index (χ2v) is 4.69. The second kappa shape index (κ2) is 5.72. The van der Waals surface area contributed by atoms with Gasteiger partial charge < -0.3 is 31.4 Å². The molecule has 1 amide bonds. The Morgan fingerprint density at radius 3 is 2.17 bits per heavy atom. The van der Waals surface area contributed by atoms with Crippen molar-refractivity contribution >= 4 is 28.8 Å². The molecule has 1 heterocycles. The predicted molar refractivity (Wildman–Crippen MR) is 81.5 cm³/mol. The van der Waals surface area contributed by atoms with Crippen LogP contribution in [0.15, 0.2) is 27.4 Å². The van der Waals surface area contributed by atoms with E-state index in [4.69, 9.17) is 11.5 Å². The number of hydrogen-bond acceptors (Lipinski definition) is 8. The lowest BCUT2D eigenvalue weighted by molar-refractivity contribution is 0.100. The molecule has 0 radical (unpaired) electrons. The fraction of sp³-hybridized carbons (Fsp3) is 0.0714. The monoisotopic (exact) mass is 319 g/mol. The molecule has 0 spiro atoms. The van der Waals surface area contributed by atoms with Crippen molar-refractivity contribution in [2.45, 2.75) is 6.92 Å². The molecule has 0 aliphatic rings. The highest BCUT2D eigenvalue weighted by Gasteiger charge is 2.27. The van der Waals surface area contributed by atoms with Crippen molar-refractivity contribution in [2.24, 2.45) is 0 Å². The fourth-order valence-corrected chi connectivity index (χ4v) is 1.97. The zero-order valence-electron chi connectivity index (χ0n) is 11.9. The summed E-state index contributed by atoms with van der Waals surface area (Å²) in [7, 11) is 0. The van der Waals surface area contributed by atoms with Crippen LogP contribution in [0.1, 0.15) is 27.6 Å². The third-order valence-electron chi connectivity index (χ3n) is 2.90. The molecule has 0 saturated heterocycles. The number of ketones is 1. The Balaban J connectivity index is 2.49. The highest BCUT2D eigenvalue weighted by atomic mass is 16.5. The lowest BCUT2D eigenvalue weighted by Gasteiger charge is -2.10. The van der Waals surface area contributed by atoms with E-state index in [9.17, 15) is 24.6 Å². The van der Waals surface area contributed by atoms with Crippen molar-refractivity contribution < 1.29 is 24.2 Å². The van der Waals surface area contributed by atoms with Gasteiger partial charge in [-0.15, -0.1) is 0 Å². The van der Waals surface area contributed by atoms with Gasteiger partial charge in [-0.2, -0.15) is 0 Å². The maximum atomic E-state index is 12.2. The van der Waals surface area contributed by atoms with Crippen LogP contribution in [0.5, 0.6) is 11.7 Å². The van der Waals surface area contributed by atoms with Crippen LogP contribution in [0.3, 0.4) is 0 Å². The summed E-state index contributed by atoms with van der Waals surface area (Å²) in [6, 6.07) is 4.22. The summed E-state index contributed by atoms with van der Waals surface area (Å²) >= 11 is 0. The van der Waals surface area contributed by atoms with Gasteiger partial charge in [-0.25, -0.2) is 4.79 Å². The lowest BCUT2D eigenvalue weighted by atomic mass is 10.1. The van der Waals surface area contributed by atoms with E-state index in [1.54, 1.807) is 0 Å². The Morgan fingerprint density at radius 1 is 1.09 bits per heavy atom. The largest absolute Gasteiger partial charge is 0.506 e. The quantitative estimate of drug-likeness (QED) is 0.406. The number of nitrogens with one attached hydrogen (secondary N) is 1. The molecule has 0 atom stereocenters. The summed E-state index contributed by atoms with van der Waals surface area (Å²) in [5.74, 6) is -3.93. The third kappa shape index (κ3) is 3.07. The Hall–Kier alpha value is -3.49. The highest BCUT2D eigenvalue weighted by Crippen LogP contribution is 2.29. The molecule has 0 saturated carbocycles. The molecular formula is C14H13N3O6. The van der Waals surface area contributed by atoms with E-state index >= 15 is 0 Å². The molecule has 0 aliphatic heterocycles. The number of carbonyl (C=O) groups excluding carboxylic acids is 2. The first-order valence-electron chi connectivity index (χ1n) is 6.28. The number of nitrogens with two attached hydrogens (primary N) is 2. The second-order valence-electron chi connectivity index (χ2n) is 4.69. The maximum Gasteiger partial charge on any atom is 0.353 e. The van der Waals surface area contributed by atoms with Crippen LogP contribution >= 0.6 is 0 Å². The maximum absolute atomic E-state index is 12.2. The molecule has 0 aliphatic carbocycles. The van der Waals surface area contributed by atoms with Crippen molar-refractivity contribution in [3.05, 3.63) is 39.7 Å². The number of carbonyl (C=O) groups is 2. The van der Waals surface area contributed by atoms with Gasteiger partial charge in [-0.3, -0.25) is 9.59 Å². The minimum atomic E-state index is -1.25. The zero-order chi connectivity index (χ0) is 17.3. The van der Waals surface area contributed by atoms with Gasteiger partial charge in [0.05, 0.1) is 0 Å². The van der Waals surface area contributed by atoms with Crippen molar-refractivity contribution in [3.63, 3.8) is 0 Å².